The highest BCUT2D eigenvalue weighted by atomic mass is 19.1. The lowest BCUT2D eigenvalue weighted by Crippen LogP contribution is -2.17. The van der Waals surface area contributed by atoms with Gasteiger partial charge in [-0.1, -0.05) is 12.1 Å². The number of carbonyl (C=O) groups is 1. The zero-order valence-electron chi connectivity index (χ0n) is 10.6. The van der Waals surface area contributed by atoms with E-state index in [2.05, 4.69) is 0 Å². The fourth-order valence-electron chi connectivity index (χ4n) is 2.22. The monoisotopic (exact) mass is 252 g/mol. The van der Waals surface area contributed by atoms with E-state index in [0.29, 0.717) is 12.2 Å². The summed E-state index contributed by atoms with van der Waals surface area (Å²) in [5.41, 5.74) is 0.388. The van der Waals surface area contributed by atoms with Gasteiger partial charge in [-0.25, -0.2) is 4.39 Å². The first-order chi connectivity index (χ1) is 8.61. The molecule has 1 fully saturated rings. The third-order valence-corrected chi connectivity index (χ3v) is 3.28. The van der Waals surface area contributed by atoms with Crippen LogP contribution < -0.4 is 4.74 Å². The summed E-state index contributed by atoms with van der Waals surface area (Å²) in [5.74, 6) is -0.339. The van der Waals surface area contributed by atoms with Gasteiger partial charge in [-0.15, -0.1) is 0 Å². The van der Waals surface area contributed by atoms with Crippen molar-refractivity contribution in [1.82, 2.24) is 0 Å². The maximum Gasteiger partial charge on any atom is 0.168 e. The van der Waals surface area contributed by atoms with Gasteiger partial charge in [-0.3, -0.25) is 4.79 Å². The molecule has 2 rings (SSSR count). The number of ether oxygens (including phenoxy) is 2. The minimum Gasteiger partial charge on any atom is -0.494 e. The van der Waals surface area contributed by atoms with Crippen molar-refractivity contribution < 1.29 is 18.7 Å². The lowest BCUT2D eigenvalue weighted by Gasteiger charge is -2.09. The van der Waals surface area contributed by atoms with Crippen LogP contribution in [0.3, 0.4) is 0 Å². The number of carbonyl (C=O) groups excluding carboxylic acids is 1. The summed E-state index contributed by atoms with van der Waals surface area (Å²) in [4.78, 5) is 12.0. The SMILES string of the molecule is COc1cccc(CC(=O)C2COC(C)C2)c1F. The summed E-state index contributed by atoms with van der Waals surface area (Å²) < 4.78 is 24.1. The zero-order chi connectivity index (χ0) is 13.1. The Kier molecular flexibility index (Phi) is 3.97. The second-order valence-corrected chi connectivity index (χ2v) is 4.65. The van der Waals surface area contributed by atoms with Crippen LogP contribution in [0.15, 0.2) is 18.2 Å². The average molecular weight is 252 g/mol. The molecule has 1 aromatic carbocycles. The Morgan fingerprint density at radius 1 is 1.56 bits per heavy atom. The number of Topliss-reactive ketones (excluding diaryl/α,β-unsaturated/α-hetero) is 1. The van der Waals surface area contributed by atoms with E-state index in [1.54, 1.807) is 18.2 Å². The Balaban J connectivity index is 2.07. The first-order valence-electron chi connectivity index (χ1n) is 6.07. The molecule has 0 N–H and O–H groups in total. The van der Waals surface area contributed by atoms with E-state index in [4.69, 9.17) is 9.47 Å². The summed E-state index contributed by atoms with van der Waals surface area (Å²) in [7, 11) is 1.41. The lowest BCUT2D eigenvalue weighted by molar-refractivity contribution is -0.122. The van der Waals surface area contributed by atoms with Gasteiger partial charge in [-0.05, 0) is 25.0 Å². The van der Waals surface area contributed by atoms with E-state index in [-0.39, 0.29) is 30.0 Å². The van der Waals surface area contributed by atoms with E-state index < -0.39 is 5.82 Å². The average Bonchev–Trinajstić information content (AvgIpc) is 2.78. The van der Waals surface area contributed by atoms with Crippen molar-refractivity contribution >= 4 is 5.78 Å². The molecule has 4 heteroatoms. The zero-order valence-corrected chi connectivity index (χ0v) is 10.6. The molecule has 1 saturated heterocycles. The number of rotatable bonds is 4. The van der Waals surface area contributed by atoms with Crippen LogP contribution in [0, 0.1) is 11.7 Å². The summed E-state index contributed by atoms with van der Waals surface area (Å²) in [6.45, 7) is 2.39. The fraction of sp³-hybridized carbons (Fsp3) is 0.500. The summed E-state index contributed by atoms with van der Waals surface area (Å²) in [6.07, 6.45) is 0.947. The lowest BCUT2D eigenvalue weighted by atomic mass is 9.95. The Morgan fingerprint density at radius 3 is 2.94 bits per heavy atom. The quantitative estimate of drug-likeness (QED) is 0.825. The van der Waals surface area contributed by atoms with Crippen LogP contribution in [-0.2, 0) is 16.0 Å². The molecule has 1 aliphatic heterocycles. The number of methoxy groups -OCH3 is 1. The van der Waals surface area contributed by atoms with E-state index >= 15 is 0 Å². The Bertz CT molecular complexity index is 445. The fourth-order valence-corrected chi connectivity index (χ4v) is 2.22. The molecular formula is C14H17FO3. The third kappa shape index (κ3) is 2.70. The van der Waals surface area contributed by atoms with Crippen molar-refractivity contribution in [2.24, 2.45) is 5.92 Å². The maximum atomic E-state index is 13.9. The molecule has 1 aromatic rings. The third-order valence-electron chi connectivity index (χ3n) is 3.28. The predicted molar refractivity (Wildman–Crippen MR) is 65.2 cm³/mol. The molecule has 0 saturated carbocycles. The molecule has 2 unspecified atom stereocenters. The van der Waals surface area contributed by atoms with Crippen LogP contribution in [0.2, 0.25) is 0 Å². The number of benzene rings is 1. The van der Waals surface area contributed by atoms with Gasteiger partial charge in [-0.2, -0.15) is 0 Å². The van der Waals surface area contributed by atoms with Crippen LogP contribution in [0.5, 0.6) is 5.75 Å². The first kappa shape index (κ1) is 13.0. The van der Waals surface area contributed by atoms with Crippen molar-refractivity contribution in [2.75, 3.05) is 13.7 Å². The molecule has 0 aromatic heterocycles. The van der Waals surface area contributed by atoms with Gasteiger partial charge in [0.1, 0.15) is 5.78 Å². The smallest absolute Gasteiger partial charge is 0.168 e. The molecule has 0 radical (unpaired) electrons. The minimum atomic E-state index is -0.444. The second kappa shape index (κ2) is 5.48. The Labute approximate surface area is 106 Å². The van der Waals surface area contributed by atoms with Crippen molar-refractivity contribution in [2.45, 2.75) is 25.9 Å². The van der Waals surface area contributed by atoms with Gasteiger partial charge < -0.3 is 9.47 Å². The van der Waals surface area contributed by atoms with E-state index in [1.165, 1.54) is 7.11 Å². The largest absolute Gasteiger partial charge is 0.494 e. The van der Waals surface area contributed by atoms with Crippen LogP contribution >= 0.6 is 0 Å². The van der Waals surface area contributed by atoms with Crippen LogP contribution in [0.4, 0.5) is 4.39 Å². The second-order valence-electron chi connectivity index (χ2n) is 4.65. The molecule has 18 heavy (non-hydrogen) atoms. The van der Waals surface area contributed by atoms with Gasteiger partial charge in [0, 0.05) is 12.3 Å². The standard InChI is InChI=1S/C14H17FO3/c1-9-6-11(8-18-9)12(16)7-10-4-3-5-13(17-2)14(10)15/h3-5,9,11H,6-8H2,1-2H3. The van der Waals surface area contributed by atoms with Crippen molar-refractivity contribution in [3.63, 3.8) is 0 Å². The van der Waals surface area contributed by atoms with Gasteiger partial charge in [0.25, 0.3) is 0 Å². The minimum absolute atomic E-state index is 0.0338. The Morgan fingerprint density at radius 2 is 2.33 bits per heavy atom. The molecule has 0 bridgehead atoms. The number of halogens is 1. The van der Waals surface area contributed by atoms with Crippen LogP contribution in [0.1, 0.15) is 18.9 Å². The van der Waals surface area contributed by atoms with Gasteiger partial charge in [0.05, 0.1) is 19.8 Å². The summed E-state index contributed by atoms with van der Waals surface area (Å²) >= 11 is 0. The van der Waals surface area contributed by atoms with E-state index in [9.17, 15) is 9.18 Å². The van der Waals surface area contributed by atoms with Crippen molar-refractivity contribution in [1.29, 1.82) is 0 Å². The molecular weight excluding hydrogens is 235 g/mol. The van der Waals surface area contributed by atoms with Crippen LogP contribution in [-0.4, -0.2) is 25.6 Å². The summed E-state index contributed by atoms with van der Waals surface area (Å²) in [5, 5.41) is 0. The van der Waals surface area contributed by atoms with Crippen LogP contribution in [0.25, 0.3) is 0 Å². The van der Waals surface area contributed by atoms with Crippen molar-refractivity contribution in [3.05, 3.63) is 29.6 Å². The van der Waals surface area contributed by atoms with Gasteiger partial charge >= 0.3 is 0 Å². The number of ketones is 1. The predicted octanol–water partition coefficient (Wildman–Crippen LogP) is 2.37. The van der Waals surface area contributed by atoms with Gasteiger partial charge in [0.2, 0.25) is 0 Å². The summed E-state index contributed by atoms with van der Waals surface area (Å²) in [6, 6.07) is 4.86. The highest BCUT2D eigenvalue weighted by molar-refractivity contribution is 5.83. The topological polar surface area (TPSA) is 35.5 Å². The van der Waals surface area contributed by atoms with Crippen molar-refractivity contribution in [3.8, 4) is 5.75 Å². The normalized spacial score (nSPS) is 23.1. The molecule has 98 valence electrons. The molecule has 2 atom stereocenters. The van der Waals surface area contributed by atoms with Gasteiger partial charge in [0.15, 0.2) is 11.6 Å². The number of hydrogen-bond donors (Lipinski definition) is 0. The number of hydrogen-bond acceptors (Lipinski definition) is 3. The van der Waals surface area contributed by atoms with E-state index in [1.807, 2.05) is 6.92 Å². The Hall–Kier alpha value is -1.42. The first-order valence-corrected chi connectivity index (χ1v) is 6.07. The molecule has 0 amide bonds. The maximum absolute atomic E-state index is 13.9. The molecule has 3 nitrogen and oxygen atoms in total. The van der Waals surface area contributed by atoms with E-state index in [0.717, 1.165) is 6.42 Å². The molecule has 1 heterocycles. The molecule has 0 aliphatic carbocycles. The highest BCUT2D eigenvalue weighted by Crippen LogP contribution is 2.24. The highest BCUT2D eigenvalue weighted by Gasteiger charge is 2.28. The molecule has 0 spiro atoms. The molecule has 1 aliphatic rings.